The molecular weight excluding hydrogens is 330 g/mol. The lowest BCUT2D eigenvalue weighted by Crippen LogP contribution is -2.45. The van der Waals surface area contributed by atoms with Gasteiger partial charge in [-0.1, -0.05) is 17.7 Å². The Hall–Kier alpha value is -2.08. The molecule has 2 rings (SSSR count). The molecule has 144 valence electrons. The molecule has 2 amide bonds. The number of hydrogen-bond acceptors (Lipinski definition) is 4. The molecule has 0 atom stereocenters. The van der Waals surface area contributed by atoms with Crippen molar-refractivity contribution in [1.82, 2.24) is 10.2 Å². The van der Waals surface area contributed by atoms with Gasteiger partial charge in [-0.3, -0.25) is 4.79 Å². The lowest BCUT2D eigenvalue weighted by Gasteiger charge is -2.31. The van der Waals surface area contributed by atoms with Crippen LogP contribution < -0.4 is 10.6 Å². The number of carbonyl (C=O) groups is 2. The number of likely N-dealkylation sites (tertiary alicyclic amines) is 1. The fourth-order valence-electron chi connectivity index (χ4n) is 3.45. The summed E-state index contributed by atoms with van der Waals surface area (Å²) in [6, 6.07) is 4.51. The van der Waals surface area contributed by atoms with Crippen LogP contribution in [0.4, 0.5) is 10.5 Å². The molecule has 0 aromatic heterocycles. The van der Waals surface area contributed by atoms with E-state index in [4.69, 9.17) is 4.74 Å². The van der Waals surface area contributed by atoms with Crippen LogP contribution in [0.1, 0.15) is 42.9 Å². The average Bonchev–Trinajstić information content (AvgIpc) is 2.59. The largest absolute Gasteiger partial charge is 0.450 e. The van der Waals surface area contributed by atoms with Crippen molar-refractivity contribution in [2.24, 2.45) is 0 Å². The van der Waals surface area contributed by atoms with E-state index in [1.165, 1.54) is 5.56 Å². The van der Waals surface area contributed by atoms with Crippen LogP contribution in [0.5, 0.6) is 0 Å². The lowest BCUT2D eigenvalue weighted by atomic mass is 10.0. The molecule has 6 nitrogen and oxygen atoms in total. The van der Waals surface area contributed by atoms with E-state index in [0.717, 1.165) is 29.7 Å². The molecule has 0 unspecified atom stereocenters. The van der Waals surface area contributed by atoms with Gasteiger partial charge in [0, 0.05) is 37.8 Å². The van der Waals surface area contributed by atoms with Gasteiger partial charge in [-0.15, -0.1) is 0 Å². The van der Waals surface area contributed by atoms with Crippen LogP contribution in [-0.4, -0.2) is 49.2 Å². The van der Waals surface area contributed by atoms with Crippen molar-refractivity contribution in [2.75, 3.05) is 31.6 Å². The average molecular weight is 361 g/mol. The van der Waals surface area contributed by atoms with Gasteiger partial charge in [0.15, 0.2) is 0 Å². The van der Waals surface area contributed by atoms with Crippen LogP contribution in [-0.2, 0) is 9.53 Å². The van der Waals surface area contributed by atoms with Crippen molar-refractivity contribution in [2.45, 2.75) is 53.0 Å². The van der Waals surface area contributed by atoms with Crippen LogP contribution in [0.25, 0.3) is 0 Å². The lowest BCUT2D eigenvalue weighted by molar-refractivity contribution is -0.116. The predicted octanol–water partition coefficient (Wildman–Crippen LogP) is 3.15. The highest BCUT2D eigenvalue weighted by Gasteiger charge is 2.23. The molecule has 1 heterocycles. The molecule has 0 saturated carbocycles. The molecule has 0 bridgehead atoms. The van der Waals surface area contributed by atoms with E-state index in [9.17, 15) is 9.59 Å². The first-order valence-electron chi connectivity index (χ1n) is 9.43. The second-order valence-corrected chi connectivity index (χ2v) is 6.99. The van der Waals surface area contributed by atoms with Gasteiger partial charge in [-0.05, 0) is 51.7 Å². The van der Waals surface area contributed by atoms with Crippen molar-refractivity contribution in [1.29, 1.82) is 0 Å². The predicted molar refractivity (Wildman–Crippen MR) is 104 cm³/mol. The van der Waals surface area contributed by atoms with E-state index in [0.29, 0.717) is 38.7 Å². The smallest absolute Gasteiger partial charge is 0.409 e. The number of anilines is 1. The monoisotopic (exact) mass is 361 g/mol. The summed E-state index contributed by atoms with van der Waals surface area (Å²) in [5.41, 5.74) is 4.31. The van der Waals surface area contributed by atoms with E-state index in [1.54, 1.807) is 4.90 Å². The maximum atomic E-state index is 12.2. The fraction of sp³-hybridized carbons (Fsp3) is 0.600. The SMILES string of the molecule is CCOC(=O)N1CCC(NCCC(=O)Nc2c(C)cc(C)cc2C)CC1. The molecule has 1 fully saturated rings. The van der Waals surface area contributed by atoms with Crippen molar-refractivity contribution >= 4 is 17.7 Å². The third kappa shape index (κ3) is 5.73. The first-order valence-corrected chi connectivity index (χ1v) is 9.43. The minimum atomic E-state index is -0.228. The Labute approximate surface area is 156 Å². The van der Waals surface area contributed by atoms with E-state index >= 15 is 0 Å². The quantitative estimate of drug-likeness (QED) is 0.816. The number of ether oxygens (including phenoxy) is 1. The van der Waals surface area contributed by atoms with Crippen LogP contribution >= 0.6 is 0 Å². The van der Waals surface area contributed by atoms with Crippen LogP contribution in [0.3, 0.4) is 0 Å². The van der Waals surface area contributed by atoms with Gasteiger partial charge < -0.3 is 20.3 Å². The Balaban J connectivity index is 1.70. The maximum absolute atomic E-state index is 12.2. The zero-order valence-corrected chi connectivity index (χ0v) is 16.4. The van der Waals surface area contributed by atoms with Crippen molar-refractivity contribution in [3.8, 4) is 0 Å². The van der Waals surface area contributed by atoms with Gasteiger partial charge >= 0.3 is 6.09 Å². The first kappa shape index (κ1) is 20.2. The summed E-state index contributed by atoms with van der Waals surface area (Å²) in [7, 11) is 0. The van der Waals surface area contributed by atoms with Crippen molar-refractivity contribution in [3.05, 3.63) is 28.8 Å². The number of rotatable bonds is 6. The maximum Gasteiger partial charge on any atom is 0.409 e. The molecule has 1 saturated heterocycles. The Morgan fingerprint density at radius 2 is 1.77 bits per heavy atom. The highest BCUT2D eigenvalue weighted by molar-refractivity contribution is 5.92. The summed E-state index contributed by atoms with van der Waals surface area (Å²) >= 11 is 0. The molecule has 1 aromatic carbocycles. The molecule has 26 heavy (non-hydrogen) atoms. The molecule has 1 aliphatic heterocycles. The van der Waals surface area contributed by atoms with Crippen molar-refractivity contribution < 1.29 is 14.3 Å². The molecule has 1 aliphatic rings. The zero-order chi connectivity index (χ0) is 19.1. The Morgan fingerprint density at radius 1 is 1.15 bits per heavy atom. The van der Waals surface area contributed by atoms with Crippen LogP contribution in [0.15, 0.2) is 12.1 Å². The van der Waals surface area contributed by atoms with E-state index in [1.807, 2.05) is 20.8 Å². The Kier molecular flexibility index (Phi) is 7.45. The number of aryl methyl sites for hydroxylation is 3. The summed E-state index contributed by atoms with van der Waals surface area (Å²) < 4.78 is 5.03. The molecule has 0 radical (unpaired) electrons. The van der Waals surface area contributed by atoms with E-state index < -0.39 is 0 Å². The van der Waals surface area contributed by atoms with Crippen molar-refractivity contribution in [3.63, 3.8) is 0 Å². The number of hydrogen-bond donors (Lipinski definition) is 2. The van der Waals surface area contributed by atoms with Gasteiger partial charge in [0.05, 0.1) is 6.61 Å². The summed E-state index contributed by atoms with van der Waals surface area (Å²) in [5.74, 6) is 0.0245. The molecule has 2 N–H and O–H groups in total. The van der Waals surface area contributed by atoms with E-state index in [2.05, 4.69) is 29.7 Å². The van der Waals surface area contributed by atoms with Gasteiger partial charge in [0.1, 0.15) is 0 Å². The normalized spacial score (nSPS) is 15.0. The number of amides is 2. The number of benzene rings is 1. The summed E-state index contributed by atoms with van der Waals surface area (Å²) in [4.78, 5) is 25.7. The first-order chi connectivity index (χ1) is 12.4. The second-order valence-electron chi connectivity index (χ2n) is 6.99. The van der Waals surface area contributed by atoms with Crippen LogP contribution in [0.2, 0.25) is 0 Å². The van der Waals surface area contributed by atoms with Gasteiger partial charge in [0.25, 0.3) is 0 Å². The van der Waals surface area contributed by atoms with Gasteiger partial charge in [-0.2, -0.15) is 0 Å². The summed E-state index contributed by atoms with van der Waals surface area (Å²) in [6.07, 6.45) is 1.98. The molecule has 0 aliphatic carbocycles. The minimum Gasteiger partial charge on any atom is -0.450 e. The number of nitrogens with zero attached hydrogens (tertiary/aromatic N) is 1. The third-order valence-electron chi connectivity index (χ3n) is 4.75. The van der Waals surface area contributed by atoms with E-state index in [-0.39, 0.29) is 12.0 Å². The minimum absolute atomic E-state index is 0.0245. The number of carbonyl (C=O) groups excluding carboxylic acids is 2. The summed E-state index contributed by atoms with van der Waals surface area (Å²) in [6.45, 7) is 10.4. The number of nitrogens with one attached hydrogen (secondary N) is 2. The molecule has 1 aromatic rings. The third-order valence-corrected chi connectivity index (χ3v) is 4.75. The molecule has 0 spiro atoms. The number of piperidine rings is 1. The van der Waals surface area contributed by atoms with Gasteiger partial charge in [-0.25, -0.2) is 4.79 Å². The fourth-order valence-corrected chi connectivity index (χ4v) is 3.45. The molecule has 6 heteroatoms. The van der Waals surface area contributed by atoms with Gasteiger partial charge in [0.2, 0.25) is 5.91 Å². The molecular formula is C20H31N3O3. The highest BCUT2D eigenvalue weighted by atomic mass is 16.6. The standard InChI is InChI=1S/C20H31N3O3/c1-5-26-20(25)23-10-7-17(8-11-23)21-9-6-18(24)22-19-15(3)12-14(2)13-16(19)4/h12-13,17,21H,5-11H2,1-4H3,(H,22,24). The second kappa shape index (κ2) is 9.57. The Morgan fingerprint density at radius 3 is 2.35 bits per heavy atom. The van der Waals surface area contributed by atoms with Crippen LogP contribution in [0, 0.1) is 20.8 Å². The Bertz CT molecular complexity index is 614. The highest BCUT2D eigenvalue weighted by Crippen LogP contribution is 2.22. The topological polar surface area (TPSA) is 70.7 Å². The zero-order valence-electron chi connectivity index (χ0n) is 16.4. The summed E-state index contributed by atoms with van der Waals surface area (Å²) in [5, 5.41) is 6.46.